The van der Waals surface area contributed by atoms with E-state index in [4.69, 9.17) is 21.5 Å². The normalized spacial score (nSPS) is 10.7. The molecule has 0 bridgehead atoms. The van der Waals surface area contributed by atoms with Crippen LogP contribution in [-0.4, -0.2) is 11.4 Å². The Balaban J connectivity index is 2.14. The van der Waals surface area contributed by atoms with E-state index in [1.165, 1.54) is 6.21 Å². The lowest BCUT2D eigenvalue weighted by molar-refractivity contribution is 0.304. The van der Waals surface area contributed by atoms with E-state index < -0.39 is 0 Å². The van der Waals surface area contributed by atoms with Gasteiger partial charge >= 0.3 is 0 Å². The van der Waals surface area contributed by atoms with E-state index in [-0.39, 0.29) is 0 Å². The Labute approximate surface area is 110 Å². The summed E-state index contributed by atoms with van der Waals surface area (Å²) in [6.45, 7) is 0.453. The average molecular weight is 262 g/mol. The van der Waals surface area contributed by atoms with Crippen LogP contribution in [0.2, 0.25) is 5.02 Å². The molecule has 0 heterocycles. The minimum Gasteiger partial charge on any atom is -0.488 e. The van der Waals surface area contributed by atoms with E-state index in [0.29, 0.717) is 22.9 Å². The smallest absolute Gasteiger partial charge is 0.128 e. The van der Waals surface area contributed by atoms with Gasteiger partial charge in [-0.1, -0.05) is 47.1 Å². The Morgan fingerprint density at radius 2 is 1.94 bits per heavy atom. The first-order valence-electron chi connectivity index (χ1n) is 5.43. The Kier molecular flexibility index (Phi) is 4.20. The Morgan fingerprint density at radius 3 is 2.67 bits per heavy atom. The summed E-state index contributed by atoms with van der Waals surface area (Å²) < 4.78 is 5.67. The van der Waals surface area contributed by atoms with E-state index >= 15 is 0 Å². The Bertz CT molecular complexity index is 541. The molecule has 0 aliphatic carbocycles. The zero-order valence-corrected chi connectivity index (χ0v) is 10.3. The molecule has 92 valence electrons. The number of benzene rings is 2. The standard InChI is InChI=1S/C14H12ClNO2/c15-13-6-7-14(12(8-13)9-16-17)18-10-11-4-2-1-3-5-11/h1-9,17H,10H2. The van der Waals surface area contributed by atoms with Gasteiger partial charge in [-0.2, -0.15) is 0 Å². The van der Waals surface area contributed by atoms with Crippen molar-refractivity contribution in [3.8, 4) is 5.75 Å². The zero-order valence-electron chi connectivity index (χ0n) is 9.58. The van der Waals surface area contributed by atoms with Crippen molar-refractivity contribution in [1.82, 2.24) is 0 Å². The molecule has 18 heavy (non-hydrogen) atoms. The number of ether oxygens (including phenoxy) is 1. The van der Waals surface area contributed by atoms with Gasteiger partial charge in [-0.15, -0.1) is 0 Å². The molecule has 0 amide bonds. The lowest BCUT2D eigenvalue weighted by Gasteiger charge is -2.09. The number of hydrogen-bond acceptors (Lipinski definition) is 3. The van der Waals surface area contributed by atoms with Crippen molar-refractivity contribution < 1.29 is 9.94 Å². The summed E-state index contributed by atoms with van der Waals surface area (Å²) in [7, 11) is 0. The minimum absolute atomic E-state index is 0.453. The van der Waals surface area contributed by atoms with Gasteiger partial charge in [0.25, 0.3) is 0 Å². The predicted molar refractivity (Wildman–Crippen MR) is 71.6 cm³/mol. The maximum Gasteiger partial charge on any atom is 0.128 e. The van der Waals surface area contributed by atoms with Gasteiger partial charge < -0.3 is 9.94 Å². The second-order valence-corrected chi connectivity index (χ2v) is 4.14. The fourth-order valence-electron chi connectivity index (χ4n) is 1.55. The molecule has 0 aliphatic heterocycles. The van der Waals surface area contributed by atoms with Crippen LogP contribution in [0.1, 0.15) is 11.1 Å². The van der Waals surface area contributed by atoms with Crippen molar-refractivity contribution in [2.45, 2.75) is 6.61 Å². The lowest BCUT2D eigenvalue weighted by atomic mass is 10.2. The summed E-state index contributed by atoms with van der Waals surface area (Å²) in [6, 6.07) is 15.0. The molecule has 4 heteroatoms. The van der Waals surface area contributed by atoms with Gasteiger partial charge in [0.15, 0.2) is 0 Å². The highest BCUT2D eigenvalue weighted by molar-refractivity contribution is 6.30. The van der Waals surface area contributed by atoms with Crippen molar-refractivity contribution >= 4 is 17.8 Å². The maximum atomic E-state index is 8.59. The van der Waals surface area contributed by atoms with Crippen molar-refractivity contribution in [1.29, 1.82) is 0 Å². The lowest BCUT2D eigenvalue weighted by Crippen LogP contribution is -1.98. The average Bonchev–Trinajstić information content (AvgIpc) is 2.39. The monoisotopic (exact) mass is 261 g/mol. The summed E-state index contributed by atoms with van der Waals surface area (Å²) in [5, 5.41) is 12.2. The third kappa shape index (κ3) is 3.25. The molecule has 3 nitrogen and oxygen atoms in total. The van der Waals surface area contributed by atoms with Crippen LogP contribution in [0.5, 0.6) is 5.75 Å². The van der Waals surface area contributed by atoms with Crippen molar-refractivity contribution in [3.63, 3.8) is 0 Å². The largest absolute Gasteiger partial charge is 0.488 e. The number of halogens is 1. The van der Waals surface area contributed by atoms with Crippen LogP contribution in [0.3, 0.4) is 0 Å². The fourth-order valence-corrected chi connectivity index (χ4v) is 1.73. The molecule has 0 fully saturated rings. The zero-order chi connectivity index (χ0) is 12.8. The van der Waals surface area contributed by atoms with E-state index in [0.717, 1.165) is 5.56 Å². The molecule has 0 saturated heterocycles. The highest BCUT2D eigenvalue weighted by atomic mass is 35.5. The summed E-state index contributed by atoms with van der Waals surface area (Å²) in [6.07, 6.45) is 1.30. The second-order valence-electron chi connectivity index (χ2n) is 3.70. The molecule has 1 N–H and O–H groups in total. The SMILES string of the molecule is ON=Cc1cc(Cl)ccc1OCc1ccccc1. The van der Waals surface area contributed by atoms with Gasteiger partial charge in [-0.25, -0.2) is 0 Å². The van der Waals surface area contributed by atoms with Crippen LogP contribution < -0.4 is 4.74 Å². The van der Waals surface area contributed by atoms with Crippen LogP contribution in [0.25, 0.3) is 0 Å². The number of rotatable bonds is 4. The molecular formula is C14H12ClNO2. The number of oxime groups is 1. The number of hydrogen-bond donors (Lipinski definition) is 1. The number of nitrogens with zero attached hydrogens (tertiary/aromatic N) is 1. The van der Waals surface area contributed by atoms with Crippen molar-refractivity contribution in [2.24, 2.45) is 5.16 Å². The van der Waals surface area contributed by atoms with Crippen molar-refractivity contribution in [2.75, 3.05) is 0 Å². The van der Waals surface area contributed by atoms with Crippen molar-refractivity contribution in [3.05, 3.63) is 64.7 Å². The highest BCUT2D eigenvalue weighted by Crippen LogP contribution is 2.22. The van der Waals surface area contributed by atoms with Gasteiger partial charge in [0.1, 0.15) is 12.4 Å². The van der Waals surface area contributed by atoms with Crippen LogP contribution in [0.15, 0.2) is 53.7 Å². The quantitative estimate of drug-likeness (QED) is 0.518. The molecule has 2 rings (SSSR count). The topological polar surface area (TPSA) is 41.8 Å². The summed E-state index contributed by atoms with van der Waals surface area (Å²) in [4.78, 5) is 0. The van der Waals surface area contributed by atoms with Crippen LogP contribution in [0, 0.1) is 0 Å². The second kappa shape index (κ2) is 6.07. The first-order chi connectivity index (χ1) is 8.79. The Morgan fingerprint density at radius 1 is 1.17 bits per heavy atom. The molecule has 0 aliphatic rings. The molecule has 0 radical (unpaired) electrons. The van der Waals surface area contributed by atoms with E-state index in [1.54, 1.807) is 18.2 Å². The fraction of sp³-hybridized carbons (Fsp3) is 0.0714. The van der Waals surface area contributed by atoms with Crippen LogP contribution >= 0.6 is 11.6 Å². The summed E-state index contributed by atoms with van der Waals surface area (Å²) in [5.41, 5.74) is 1.71. The summed E-state index contributed by atoms with van der Waals surface area (Å²) >= 11 is 5.87. The van der Waals surface area contributed by atoms with Crippen LogP contribution in [0.4, 0.5) is 0 Å². The van der Waals surface area contributed by atoms with Gasteiger partial charge in [-0.05, 0) is 23.8 Å². The molecule has 2 aromatic carbocycles. The van der Waals surface area contributed by atoms with Gasteiger partial charge in [0, 0.05) is 10.6 Å². The third-order valence-corrected chi connectivity index (χ3v) is 2.64. The molecule has 0 unspecified atom stereocenters. The first-order valence-corrected chi connectivity index (χ1v) is 5.81. The van der Waals surface area contributed by atoms with Gasteiger partial charge in [-0.3, -0.25) is 0 Å². The Hall–Kier alpha value is -2.00. The van der Waals surface area contributed by atoms with Gasteiger partial charge in [0.2, 0.25) is 0 Å². The molecule has 0 spiro atoms. The van der Waals surface area contributed by atoms with E-state index in [9.17, 15) is 0 Å². The molecule has 0 aromatic heterocycles. The third-order valence-electron chi connectivity index (χ3n) is 2.41. The molecular weight excluding hydrogens is 250 g/mol. The predicted octanol–water partition coefficient (Wildman–Crippen LogP) is 3.73. The molecule has 0 atom stereocenters. The maximum absolute atomic E-state index is 8.59. The first kappa shape index (κ1) is 12.5. The van der Waals surface area contributed by atoms with Gasteiger partial charge in [0.05, 0.1) is 6.21 Å². The van der Waals surface area contributed by atoms with E-state index in [2.05, 4.69) is 5.16 Å². The van der Waals surface area contributed by atoms with E-state index in [1.807, 2.05) is 30.3 Å². The molecule has 2 aromatic rings. The van der Waals surface area contributed by atoms with Crippen LogP contribution in [-0.2, 0) is 6.61 Å². The minimum atomic E-state index is 0.453. The highest BCUT2D eigenvalue weighted by Gasteiger charge is 2.03. The molecule has 0 saturated carbocycles. The summed E-state index contributed by atoms with van der Waals surface area (Å²) in [5.74, 6) is 0.626.